The second kappa shape index (κ2) is 5.83. The second-order valence-electron chi connectivity index (χ2n) is 3.49. The molecule has 0 aromatic carbocycles. The van der Waals surface area contributed by atoms with Gasteiger partial charge in [-0.3, -0.25) is 9.59 Å². The molecular formula is C11H16N4O2. The number of hydrogen-bond acceptors (Lipinski definition) is 4. The van der Waals surface area contributed by atoms with Crippen molar-refractivity contribution >= 4 is 17.5 Å². The number of aromatic nitrogens is 1. The van der Waals surface area contributed by atoms with Crippen LogP contribution in [0.2, 0.25) is 0 Å². The van der Waals surface area contributed by atoms with E-state index in [2.05, 4.69) is 20.9 Å². The lowest BCUT2D eigenvalue weighted by molar-refractivity contribution is -0.122. The number of hydrogen-bond donors (Lipinski definition) is 3. The maximum atomic E-state index is 11.7. The Morgan fingerprint density at radius 2 is 2.00 bits per heavy atom. The van der Waals surface area contributed by atoms with Gasteiger partial charge in [-0.05, 0) is 19.1 Å². The van der Waals surface area contributed by atoms with E-state index in [1.165, 1.54) is 7.05 Å². The first-order valence-corrected chi connectivity index (χ1v) is 5.24. The highest BCUT2D eigenvalue weighted by molar-refractivity contribution is 5.96. The van der Waals surface area contributed by atoms with Crippen molar-refractivity contribution in [2.45, 2.75) is 13.0 Å². The predicted molar refractivity (Wildman–Crippen MR) is 64.8 cm³/mol. The first-order valence-electron chi connectivity index (χ1n) is 5.24. The van der Waals surface area contributed by atoms with Crippen LogP contribution >= 0.6 is 0 Å². The summed E-state index contributed by atoms with van der Waals surface area (Å²) in [6.45, 7) is 1.61. The lowest BCUT2D eigenvalue weighted by Crippen LogP contribution is -2.43. The fourth-order valence-corrected chi connectivity index (χ4v) is 1.23. The zero-order chi connectivity index (χ0) is 12.8. The van der Waals surface area contributed by atoms with Crippen LogP contribution in [0.3, 0.4) is 0 Å². The molecule has 0 aliphatic heterocycles. The van der Waals surface area contributed by atoms with E-state index in [0.29, 0.717) is 0 Å². The highest BCUT2D eigenvalue weighted by atomic mass is 16.2. The van der Waals surface area contributed by atoms with Crippen LogP contribution in [0.15, 0.2) is 18.3 Å². The minimum absolute atomic E-state index is 0.245. The summed E-state index contributed by atoms with van der Waals surface area (Å²) in [5.74, 6) is -0.617. The Morgan fingerprint density at radius 3 is 2.47 bits per heavy atom. The van der Waals surface area contributed by atoms with E-state index in [4.69, 9.17) is 0 Å². The third-order valence-electron chi connectivity index (χ3n) is 2.27. The van der Waals surface area contributed by atoms with Crippen LogP contribution in [0, 0.1) is 0 Å². The first-order chi connectivity index (χ1) is 8.08. The third-order valence-corrected chi connectivity index (χ3v) is 2.27. The van der Waals surface area contributed by atoms with Crippen LogP contribution in [0.1, 0.15) is 17.4 Å². The van der Waals surface area contributed by atoms with E-state index in [9.17, 15) is 9.59 Å². The molecule has 1 aromatic rings. The molecule has 2 amide bonds. The van der Waals surface area contributed by atoms with E-state index in [1.54, 1.807) is 32.3 Å². The van der Waals surface area contributed by atoms with Gasteiger partial charge in [0, 0.05) is 14.1 Å². The van der Waals surface area contributed by atoms with Gasteiger partial charge in [0.1, 0.15) is 11.7 Å². The van der Waals surface area contributed by atoms with E-state index in [-0.39, 0.29) is 17.5 Å². The minimum atomic E-state index is -0.585. The highest BCUT2D eigenvalue weighted by Gasteiger charge is 2.15. The fraction of sp³-hybridized carbons (Fsp3) is 0.364. The van der Waals surface area contributed by atoms with Crippen molar-refractivity contribution in [1.29, 1.82) is 0 Å². The summed E-state index contributed by atoms with van der Waals surface area (Å²) in [5.41, 5.74) is 1.10. The molecule has 17 heavy (non-hydrogen) atoms. The molecule has 6 nitrogen and oxygen atoms in total. The number of carbonyl (C=O) groups excluding carboxylic acids is 2. The van der Waals surface area contributed by atoms with Gasteiger partial charge in [0.25, 0.3) is 5.91 Å². The summed E-state index contributed by atoms with van der Waals surface area (Å²) >= 11 is 0. The van der Waals surface area contributed by atoms with Crippen LogP contribution < -0.4 is 16.0 Å². The van der Waals surface area contributed by atoms with Crippen molar-refractivity contribution in [3.8, 4) is 0 Å². The third kappa shape index (κ3) is 3.44. The summed E-state index contributed by atoms with van der Waals surface area (Å²) in [6.07, 6.45) is 1.56. The topological polar surface area (TPSA) is 83.1 Å². The van der Waals surface area contributed by atoms with Crippen molar-refractivity contribution < 1.29 is 9.59 Å². The number of likely N-dealkylation sites (N-methyl/N-ethyl adjacent to an activating group) is 1. The smallest absolute Gasteiger partial charge is 0.270 e. The van der Waals surface area contributed by atoms with Gasteiger partial charge in [-0.25, -0.2) is 4.98 Å². The molecule has 0 bridgehead atoms. The Labute approximate surface area is 99.8 Å². The van der Waals surface area contributed by atoms with Crippen molar-refractivity contribution in [3.05, 3.63) is 24.0 Å². The molecule has 1 heterocycles. The van der Waals surface area contributed by atoms with Gasteiger partial charge in [-0.15, -0.1) is 0 Å². The van der Waals surface area contributed by atoms with Crippen LogP contribution in [0.4, 0.5) is 5.69 Å². The standard InChI is InChI=1S/C11H16N4O2/c1-7(10(16)13-3)15-11(17)9-5-4-8(12-2)6-14-9/h4-7,12H,1-3H3,(H,13,16)(H,15,17). The quantitative estimate of drug-likeness (QED) is 0.686. The molecule has 0 spiro atoms. The lowest BCUT2D eigenvalue weighted by Gasteiger charge is -2.11. The van der Waals surface area contributed by atoms with Gasteiger partial charge in [0.05, 0.1) is 11.9 Å². The van der Waals surface area contributed by atoms with E-state index in [1.807, 2.05) is 0 Å². The van der Waals surface area contributed by atoms with Gasteiger partial charge in [-0.2, -0.15) is 0 Å². The Balaban J connectivity index is 2.66. The molecule has 92 valence electrons. The molecule has 0 aliphatic rings. The number of carbonyl (C=O) groups is 2. The van der Waals surface area contributed by atoms with Crippen LogP contribution in [0.25, 0.3) is 0 Å². The molecule has 1 unspecified atom stereocenters. The Bertz CT molecular complexity index is 402. The molecule has 3 N–H and O–H groups in total. The van der Waals surface area contributed by atoms with Crippen molar-refractivity contribution in [1.82, 2.24) is 15.6 Å². The van der Waals surface area contributed by atoms with Gasteiger partial charge in [0.15, 0.2) is 0 Å². The SMILES string of the molecule is CNC(=O)C(C)NC(=O)c1ccc(NC)cn1. The van der Waals surface area contributed by atoms with Gasteiger partial charge in [-0.1, -0.05) is 0 Å². The fourth-order valence-electron chi connectivity index (χ4n) is 1.23. The number of pyridine rings is 1. The summed E-state index contributed by atoms with van der Waals surface area (Å²) in [6, 6.07) is 2.75. The number of nitrogens with one attached hydrogen (secondary N) is 3. The maximum Gasteiger partial charge on any atom is 0.270 e. The average molecular weight is 236 g/mol. The van der Waals surface area contributed by atoms with Crippen molar-refractivity contribution in [2.24, 2.45) is 0 Å². The highest BCUT2D eigenvalue weighted by Crippen LogP contribution is 2.04. The summed E-state index contributed by atoms with van der Waals surface area (Å²) < 4.78 is 0. The van der Waals surface area contributed by atoms with E-state index in [0.717, 1.165) is 5.69 Å². The summed E-state index contributed by atoms with van der Waals surface area (Å²) in [4.78, 5) is 26.9. The molecule has 0 saturated carbocycles. The molecule has 1 atom stereocenters. The molecular weight excluding hydrogens is 220 g/mol. The molecule has 6 heteroatoms. The normalized spacial score (nSPS) is 11.5. The first kappa shape index (κ1) is 13.0. The summed E-state index contributed by atoms with van der Waals surface area (Å²) in [5, 5.41) is 7.91. The number of rotatable bonds is 4. The maximum absolute atomic E-state index is 11.7. The Morgan fingerprint density at radius 1 is 1.29 bits per heavy atom. The van der Waals surface area contributed by atoms with Gasteiger partial charge >= 0.3 is 0 Å². The van der Waals surface area contributed by atoms with Gasteiger partial charge in [0.2, 0.25) is 5.91 Å². The average Bonchev–Trinajstić information content (AvgIpc) is 2.37. The number of nitrogens with zero attached hydrogens (tertiary/aromatic N) is 1. The number of anilines is 1. The minimum Gasteiger partial charge on any atom is -0.387 e. The Hall–Kier alpha value is -2.11. The summed E-state index contributed by atoms with van der Waals surface area (Å²) in [7, 11) is 3.29. The molecule has 0 fully saturated rings. The molecule has 1 aromatic heterocycles. The second-order valence-corrected chi connectivity index (χ2v) is 3.49. The molecule has 0 saturated heterocycles. The zero-order valence-electron chi connectivity index (χ0n) is 10.1. The monoisotopic (exact) mass is 236 g/mol. The Kier molecular flexibility index (Phi) is 4.45. The molecule has 0 aliphatic carbocycles. The largest absolute Gasteiger partial charge is 0.387 e. The van der Waals surface area contributed by atoms with Gasteiger partial charge < -0.3 is 16.0 Å². The molecule has 1 rings (SSSR count). The van der Waals surface area contributed by atoms with E-state index < -0.39 is 6.04 Å². The lowest BCUT2D eigenvalue weighted by atomic mass is 10.2. The molecule has 0 radical (unpaired) electrons. The zero-order valence-corrected chi connectivity index (χ0v) is 10.1. The van der Waals surface area contributed by atoms with Crippen LogP contribution in [-0.4, -0.2) is 36.9 Å². The van der Waals surface area contributed by atoms with Crippen molar-refractivity contribution in [2.75, 3.05) is 19.4 Å². The van der Waals surface area contributed by atoms with Crippen LogP contribution in [0.5, 0.6) is 0 Å². The number of amides is 2. The van der Waals surface area contributed by atoms with Crippen LogP contribution in [-0.2, 0) is 4.79 Å². The predicted octanol–water partition coefficient (Wildman–Crippen LogP) is -0.0124. The van der Waals surface area contributed by atoms with E-state index >= 15 is 0 Å². The van der Waals surface area contributed by atoms with Crippen molar-refractivity contribution in [3.63, 3.8) is 0 Å².